The molecule has 0 spiro atoms. The normalized spacial score (nSPS) is 23.1. The van der Waals surface area contributed by atoms with Crippen LogP contribution in [0, 0.1) is 11.3 Å². The van der Waals surface area contributed by atoms with Crippen molar-refractivity contribution in [2.45, 2.75) is 25.7 Å². The molecular weight excluding hydrogens is 174 g/mol. The van der Waals surface area contributed by atoms with E-state index in [4.69, 9.17) is 0 Å². The maximum Gasteiger partial charge on any atom is 0.129 e. The second-order valence-corrected chi connectivity index (χ2v) is 4.58. The summed E-state index contributed by atoms with van der Waals surface area (Å²) < 4.78 is 0. The van der Waals surface area contributed by atoms with E-state index >= 15 is 0 Å². The fraction of sp³-hybridized carbons (Fsp3) is 0.636. The molecule has 2 saturated carbocycles. The van der Waals surface area contributed by atoms with E-state index in [1.807, 2.05) is 6.07 Å². The van der Waals surface area contributed by atoms with Crippen LogP contribution in [0.4, 0.5) is 5.82 Å². The Morgan fingerprint density at radius 2 is 2.29 bits per heavy atom. The minimum absolute atomic E-state index is 0.644. The van der Waals surface area contributed by atoms with E-state index in [1.165, 1.54) is 25.7 Å². The highest BCUT2D eigenvalue weighted by atomic mass is 15.0. The highest BCUT2D eigenvalue weighted by Gasteiger charge is 2.53. The summed E-state index contributed by atoms with van der Waals surface area (Å²) in [7, 11) is 0. The fourth-order valence-electron chi connectivity index (χ4n) is 2.25. The zero-order chi connectivity index (χ0) is 9.43. The van der Waals surface area contributed by atoms with Crippen LogP contribution in [0.1, 0.15) is 25.7 Å². The monoisotopic (exact) mass is 189 g/mol. The lowest BCUT2D eigenvalue weighted by atomic mass is 10.0. The maximum atomic E-state index is 4.17. The number of nitrogens with one attached hydrogen (secondary N) is 1. The first-order chi connectivity index (χ1) is 6.89. The van der Waals surface area contributed by atoms with Crippen LogP contribution in [0.5, 0.6) is 0 Å². The van der Waals surface area contributed by atoms with Crippen LogP contribution in [0.2, 0.25) is 0 Å². The third-order valence-corrected chi connectivity index (χ3v) is 3.54. The number of nitrogens with zero attached hydrogens (tertiary/aromatic N) is 2. The molecule has 3 heteroatoms. The molecule has 3 rings (SSSR count). The first-order valence-electron chi connectivity index (χ1n) is 5.39. The number of rotatable bonds is 4. The van der Waals surface area contributed by atoms with Crippen LogP contribution in [0.15, 0.2) is 18.6 Å². The van der Waals surface area contributed by atoms with Gasteiger partial charge in [0, 0.05) is 12.7 Å². The van der Waals surface area contributed by atoms with Gasteiger partial charge in [-0.15, -0.1) is 0 Å². The molecule has 0 atom stereocenters. The molecule has 0 bridgehead atoms. The molecule has 0 amide bonds. The lowest BCUT2D eigenvalue weighted by Crippen LogP contribution is -2.17. The van der Waals surface area contributed by atoms with Crippen LogP contribution < -0.4 is 5.32 Å². The molecular formula is C11H15N3. The zero-order valence-electron chi connectivity index (χ0n) is 8.24. The molecule has 0 saturated heterocycles. The summed E-state index contributed by atoms with van der Waals surface area (Å²) in [5.74, 6) is 1.98. The van der Waals surface area contributed by atoms with Crippen molar-refractivity contribution >= 4 is 5.82 Å². The molecule has 0 unspecified atom stereocenters. The van der Waals surface area contributed by atoms with Gasteiger partial charge in [-0.2, -0.15) is 0 Å². The van der Waals surface area contributed by atoms with Crippen molar-refractivity contribution in [1.82, 2.24) is 9.97 Å². The van der Waals surface area contributed by atoms with Crippen LogP contribution >= 0.6 is 0 Å². The smallest absolute Gasteiger partial charge is 0.129 e. The number of anilines is 1. The van der Waals surface area contributed by atoms with E-state index in [0.29, 0.717) is 5.41 Å². The van der Waals surface area contributed by atoms with Gasteiger partial charge in [-0.05, 0) is 43.1 Å². The third kappa shape index (κ3) is 1.47. The van der Waals surface area contributed by atoms with Crippen molar-refractivity contribution in [3.05, 3.63) is 18.6 Å². The Morgan fingerprint density at radius 1 is 1.43 bits per heavy atom. The minimum Gasteiger partial charge on any atom is -0.369 e. The van der Waals surface area contributed by atoms with Crippen molar-refractivity contribution in [3.63, 3.8) is 0 Å². The van der Waals surface area contributed by atoms with Crippen molar-refractivity contribution in [3.8, 4) is 0 Å². The summed E-state index contributed by atoms with van der Waals surface area (Å²) in [5.41, 5.74) is 0.644. The Kier molecular flexibility index (Phi) is 1.72. The van der Waals surface area contributed by atoms with E-state index in [-0.39, 0.29) is 0 Å². The second-order valence-electron chi connectivity index (χ2n) is 4.58. The van der Waals surface area contributed by atoms with Crippen molar-refractivity contribution in [2.75, 3.05) is 11.9 Å². The summed E-state index contributed by atoms with van der Waals surface area (Å²) >= 11 is 0. The van der Waals surface area contributed by atoms with Gasteiger partial charge >= 0.3 is 0 Å². The topological polar surface area (TPSA) is 37.8 Å². The minimum atomic E-state index is 0.644. The van der Waals surface area contributed by atoms with Gasteiger partial charge in [0.2, 0.25) is 0 Å². The summed E-state index contributed by atoms with van der Waals surface area (Å²) in [6.45, 7) is 1.11. The molecule has 2 aliphatic rings. The summed E-state index contributed by atoms with van der Waals surface area (Å²) in [6, 6.07) is 1.93. The first-order valence-corrected chi connectivity index (χ1v) is 5.39. The molecule has 0 aromatic carbocycles. The molecule has 2 fully saturated rings. The lowest BCUT2D eigenvalue weighted by molar-refractivity contribution is 0.466. The van der Waals surface area contributed by atoms with Gasteiger partial charge in [-0.1, -0.05) is 0 Å². The van der Waals surface area contributed by atoms with Crippen molar-refractivity contribution < 1.29 is 0 Å². The lowest BCUT2D eigenvalue weighted by Gasteiger charge is -2.14. The second kappa shape index (κ2) is 2.94. The van der Waals surface area contributed by atoms with E-state index in [0.717, 1.165) is 18.3 Å². The van der Waals surface area contributed by atoms with Crippen LogP contribution in [0.25, 0.3) is 0 Å². The fourth-order valence-corrected chi connectivity index (χ4v) is 2.25. The number of hydrogen-bond acceptors (Lipinski definition) is 3. The molecule has 3 nitrogen and oxygen atoms in total. The number of hydrogen-bond donors (Lipinski definition) is 1. The van der Waals surface area contributed by atoms with Gasteiger partial charge in [0.05, 0.1) is 0 Å². The zero-order valence-corrected chi connectivity index (χ0v) is 8.24. The third-order valence-electron chi connectivity index (χ3n) is 3.54. The van der Waals surface area contributed by atoms with Crippen molar-refractivity contribution in [2.24, 2.45) is 11.3 Å². The van der Waals surface area contributed by atoms with Crippen LogP contribution in [-0.2, 0) is 0 Å². The highest BCUT2D eigenvalue weighted by Crippen LogP contribution is 2.61. The Hall–Kier alpha value is -1.12. The molecule has 74 valence electrons. The van der Waals surface area contributed by atoms with E-state index < -0.39 is 0 Å². The molecule has 0 radical (unpaired) electrons. The van der Waals surface area contributed by atoms with E-state index in [9.17, 15) is 0 Å². The molecule has 1 N–H and O–H groups in total. The molecule has 1 heterocycles. The first kappa shape index (κ1) is 8.21. The quantitative estimate of drug-likeness (QED) is 0.788. The Bertz CT molecular complexity index is 315. The predicted octanol–water partition coefficient (Wildman–Crippen LogP) is 2.08. The van der Waals surface area contributed by atoms with E-state index in [2.05, 4.69) is 15.3 Å². The molecule has 2 aliphatic carbocycles. The maximum absolute atomic E-state index is 4.17. The van der Waals surface area contributed by atoms with Crippen LogP contribution in [-0.4, -0.2) is 16.5 Å². The van der Waals surface area contributed by atoms with Crippen LogP contribution in [0.3, 0.4) is 0 Å². The van der Waals surface area contributed by atoms with Gasteiger partial charge < -0.3 is 5.32 Å². The largest absolute Gasteiger partial charge is 0.369 e. The van der Waals surface area contributed by atoms with E-state index in [1.54, 1.807) is 12.5 Å². The summed E-state index contributed by atoms with van der Waals surface area (Å²) in [6.07, 6.45) is 9.10. The summed E-state index contributed by atoms with van der Waals surface area (Å²) in [5, 5.41) is 3.42. The molecule has 0 aliphatic heterocycles. The van der Waals surface area contributed by atoms with Gasteiger partial charge in [0.15, 0.2) is 0 Å². The predicted molar refractivity (Wildman–Crippen MR) is 54.9 cm³/mol. The SMILES string of the molecule is c1cc(NCC2(C3CC3)CC2)ncn1. The van der Waals surface area contributed by atoms with Crippen molar-refractivity contribution in [1.29, 1.82) is 0 Å². The molecule has 14 heavy (non-hydrogen) atoms. The van der Waals surface area contributed by atoms with Gasteiger partial charge in [-0.25, -0.2) is 9.97 Å². The Balaban J connectivity index is 1.59. The van der Waals surface area contributed by atoms with Gasteiger partial charge in [0.1, 0.15) is 12.1 Å². The average Bonchev–Trinajstić information content (AvgIpc) is 3.08. The van der Waals surface area contributed by atoms with Gasteiger partial charge in [0.25, 0.3) is 0 Å². The highest BCUT2D eigenvalue weighted by molar-refractivity contribution is 5.32. The molecule has 1 aromatic rings. The summed E-state index contributed by atoms with van der Waals surface area (Å²) in [4.78, 5) is 8.07. The number of aromatic nitrogens is 2. The molecule has 1 aromatic heterocycles. The average molecular weight is 189 g/mol. The standard InChI is InChI=1S/C11H15N3/c1-2-9(1)11(4-5-11)7-13-10-3-6-12-8-14-10/h3,6,8-9H,1-2,4-5,7H2,(H,12,13,14). The van der Waals surface area contributed by atoms with Gasteiger partial charge in [-0.3, -0.25) is 0 Å². The Labute approximate surface area is 84.0 Å². The Morgan fingerprint density at radius 3 is 2.86 bits per heavy atom.